The first-order valence-corrected chi connectivity index (χ1v) is 6.08. The molecule has 0 unspecified atom stereocenters. The summed E-state index contributed by atoms with van der Waals surface area (Å²) in [5.74, 6) is -3.00. The van der Waals surface area contributed by atoms with Crippen molar-refractivity contribution < 1.29 is 13.2 Å². The van der Waals surface area contributed by atoms with E-state index in [1.807, 2.05) is 13.0 Å². The van der Waals surface area contributed by atoms with E-state index in [1.165, 1.54) is 6.20 Å². The molecule has 0 aliphatic carbocycles. The fourth-order valence-electron chi connectivity index (χ4n) is 2.19. The van der Waals surface area contributed by atoms with Crippen LogP contribution in [-0.2, 0) is 6.42 Å². The van der Waals surface area contributed by atoms with Crippen LogP contribution in [0.3, 0.4) is 0 Å². The van der Waals surface area contributed by atoms with Crippen LogP contribution in [0.15, 0.2) is 30.6 Å². The molecule has 0 saturated carbocycles. The summed E-state index contributed by atoms with van der Waals surface area (Å²) in [6, 6.07) is 3.07. The number of halogens is 3. The highest BCUT2D eigenvalue weighted by Crippen LogP contribution is 2.24. The molecule has 2 aromatic heterocycles. The van der Waals surface area contributed by atoms with Crippen molar-refractivity contribution in [3.63, 3.8) is 0 Å². The van der Waals surface area contributed by atoms with Gasteiger partial charge in [-0.2, -0.15) is 5.10 Å². The predicted octanol–water partition coefficient (Wildman–Crippen LogP) is 3.40. The molecule has 6 heteroatoms. The summed E-state index contributed by atoms with van der Waals surface area (Å²) in [6.07, 6.45) is 3.81. The minimum absolute atomic E-state index is 0.341. The second kappa shape index (κ2) is 4.63. The fraction of sp³-hybridized carbons (Fsp3) is 0.143. The minimum atomic E-state index is -1.02. The Bertz CT molecular complexity index is 772. The Morgan fingerprint density at radius 1 is 1.15 bits per heavy atom. The van der Waals surface area contributed by atoms with Crippen molar-refractivity contribution in [2.45, 2.75) is 13.3 Å². The molecular formula is C14H10F3N3. The van der Waals surface area contributed by atoms with Crippen LogP contribution in [-0.4, -0.2) is 14.8 Å². The molecule has 20 heavy (non-hydrogen) atoms. The van der Waals surface area contributed by atoms with Gasteiger partial charge in [0.05, 0.1) is 6.20 Å². The van der Waals surface area contributed by atoms with Crippen LogP contribution in [0.1, 0.15) is 12.5 Å². The summed E-state index contributed by atoms with van der Waals surface area (Å²) < 4.78 is 41.6. The van der Waals surface area contributed by atoms with Gasteiger partial charge in [0, 0.05) is 23.7 Å². The highest BCUT2D eigenvalue weighted by Gasteiger charge is 2.17. The zero-order chi connectivity index (χ0) is 14.3. The van der Waals surface area contributed by atoms with Gasteiger partial charge in [-0.25, -0.2) is 22.8 Å². The zero-order valence-electron chi connectivity index (χ0n) is 10.6. The van der Waals surface area contributed by atoms with E-state index in [1.54, 1.807) is 6.20 Å². The molecule has 0 aliphatic rings. The second-order valence-corrected chi connectivity index (χ2v) is 4.34. The molecule has 0 fully saturated rings. The lowest BCUT2D eigenvalue weighted by Gasteiger charge is -2.06. The number of aryl methyl sites for hydroxylation is 1. The standard InChI is InChI=1S/C14H10F3N3/c1-2-8-3-4-18-14-10(8)7-19-20(14)13-11(16)5-9(15)6-12(13)17/h3-7H,2H2,1H3. The molecular weight excluding hydrogens is 267 g/mol. The lowest BCUT2D eigenvalue weighted by atomic mass is 10.1. The van der Waals surface area contributed by atoms with E-state index >= 15 is 0 Å². The van der Waals surface area contributed by atoms with Crippen LogP contribution in [0.2, 0.25) is 0 Å². The zero-order valence-corrected chi connectivity index (χ0v) is 10.6. The highest BCUT2D eigenvalue weighted by atomic mass is 19.1. The van der Waals surface area contributed by atoms with Crippen LogP contribution < -0.4 is 0 Å². The van der Waals surface area contributed by atoms with Crippen LogP contribution >= 0.6 is 0 Å². The molecule has 0 saturated heterocycles. The maximum Gasteiger partial charge on any atom is 0.163 e. The maximum absolute atomic E-state index is 13.8. The molecule has 0 bridgehead atoms. The van der Waals surface area contributed by atoms with Gasteiger partial charge in [-0.05, 0) is 18.1 Å². The molecule has 0 aliphatic heterocycles. The van der Waals surface area contributed by atoms with Crippen molar-refractivity contribution in [1.29, 1.82) is 0 Å². The molecule has 0 amide bonds. The Balaban J connectivity index is 2.31. The van der Waals surface area contributed by atoms with Crippen molar-refractivity contribution in [3.8, 4) is 5.69 Å². The number of fused-ring (bicyclic) bond motifs is 1. The van der Waals surface area contributed by atoms with Crippen LogP contribution in [0.25, 0.3) is 16.7 Å². The Hall–Kier alpha value is -2.37. The molecule has 1 aromatic carbocycles. The molecule has 3 rings (SSSR count). The lowest BCUT2D eigenvalue weighted by molar-refractivity contribution is 0.529. The number of aromatic nitrogens is 3. The molecule has 102 valence electrons. The average Bonchev–Trinajstić information content (AvgIpc) is 2.81. The van der Waals surface area contributed by atoms with Gasteiger partial charge in [0.15, 0.2) is 17.3 Å². The van der Waals surface area contributed by atoms with Crippen molar-refractivity contribution in [1.82, 2.24) is 14.8 Å². The average molecular weight is 277 g/mol. The number of hydrogen-bond acceptors (Lipinski definition) is 2. The van der Waals surface area contributed by atoms with E-state index in [0.717, 1.165) is 22.1 Å². The van der Waals surface area contributed by atoms with Gasteiger partial charge in [-0.15, -0.1) is 0 Å². The third kappa shape index (κ3) is 1.84. The summed E-state index contributed by atoms with van der Waals surface area (Å²) in [5.41, 5.74) is 0.889. The van der Waals surface area contributed by atoms with Gasteiger partial charge in [0.2, 0.25) is 0 Å². The molecule has 3 aromatic rings. The smallest absolute Gasteiger partial charge is 0.163 e. The third-order valence-electron chi connectivity index (χ3n) is 3.14. The van der Waals surface area contributed by atoms with E-state index in [2.05, 4.69) is 10.1 Å². The van der Waals surface area contributed by atoms with Gasteiger partial charge >= 0.3 is 0 Å². The van der Waals surface area contributed by atoms with E-state index in [4.69, 9.17) is 0 Å². The van der Waals surface area contributed by atoms with E-state index in [-0.39, 0.29) is 0 Å². The molecule has 2 heterocycles. The SMILES string of the molecule is CCc1ccnc2c1cnn2-c1c(F)cc(F)cc1F. The highest BCUT2D eigenvalue weighted by molar-refractivity contribution is 5.80. The van der Waals surface area contributed by atoms with E-state index < -0.39 is 23.1 Å². The predicted molar refractivity (Wildman–Crippen MR) is 68.1 cm³/mol. The van der Waals surface area contributed by atoms with Crippen molar-refractivity contribution in [3.05, 3.63) is 53.6 Å². The Morgan fingerprint density at radius 3 is 2.50 bits per heavy atom. The van der Waals surface area contributed by atoms with E-state index in [0.29, 0.717) is 17.8 Å². The Morgan fingerprint density at radius 2 is 1.85 bits per heavy atom. The topological polar surface area (TPSA) is 30.7 Å². The Labute approximate surface area is 112 Å². The summed E-state index contributed by atoms with van der Waals surface area (Å²) in [6.45, 7) is 1.96. The van der Waals surface area contributed by atoms with Gasteiger partial charge in [-0.1, -0.05) is 6.92 Å². The lowest BCUT2D eigenvalue weighted by Crippen LogP contribution is -2.05. The summed E-state index contributed by atoms with van der Waals surface area (Å²) >= 11 is 0. The van der Waals surface area contributed by atoms with Gasteiger partial charge < -0.3 is 0 Å². The summed E-state index contributed by atoms with van der Waals surface area (Å²) in [5, 5.41) is 4.70. The molecule has 3 nitrogen and oxygen atoms in total. The first kappa shape index (κ1) is 12.7. The maximum atomic E-state index is 13.8. The summed E-state index contributed by atoms with van der Waals surface area (Å²) in [7, 11) is 0. The van der Waals surface area contributed by atoms with Crippen molar-refractivity contribution in [2.75, 3.05) is 0 Å². The van der Waals surface area contributed by atoms with Gasteiger partial charge in [0.25, 0.3) is 0 Å². The molecule has 0 radical (unpaired) electrons. The monoisotopic (exact) mass is 277 g/mol. The Kier molecular flexibility index (Phi) is 2.93. The third-order valence-corrected chi connectivity index (χ3v) is 3.14. The first-order valence-electron chi connectivity index (χ1n) is 6.08. The number of nitrogens with zero attached hydrogens (tertiary/aromatic N) is 3. The van der Waals surface area contributed by atoms with Crippen LogP contribution in [0.5, 0.6) is 0 Å². The van der Waals surface area contributed by atoms with Gasteiger partial charge in [-0.3, -0.25) is 0 Å². The quantitative estimate of drug-likeness (QED) is 0.718. The number of pyridine rings is 1. The first-order chi connectivity index (χ1) is 9.61. The van der Waals surface area contributed by atoms with Gasteiger partial charge in [0.1, 0.15) is 11.5 Å². The molecule has 0 atom stereocenters. The van der Waals surface area contributed by atoms with E-state index in [9.17, 15) is 13.2 Å². The van der Waals surface area contributed by atoms with Crippen molar-refractivity contribution >= 4 is 11.0 Å². The van der Waals surface area contributed by atoms with Crippen LogP contribution in [0, 0.1) is 17.5 Å². The minimum Gasteiger partial charge on any atom is -0.237 e. The number of rotatable bonds is 2. The fourth-order valence-corrected chi connectivity index (χ4v) is 2.19. The van der Waals surface area contributed by atoms with Crippen LogP contribution in [0.4, 0.5) is 13.2 Å². The van der Waals surface area contributed by atoms with Crippen molar-refractivity contribution in [2.24, 2.45) is 0 Å². The molecule has 0 N–H and O–H groups in total. The largest absolute Gasteiger partial charge is 0.237 e. The number of benzene rings is 1. The molecule has 0 spiro atoms. The summed E-state index contributed by atoms with van der Waals surface area (Å²) in [4.78, 5) is 4.10. The second-order valence-electron chi connectivity index (χ2n) is 4.34. The number of hydrogen-bond donors (Lipinski definition) is 0. The normalized spacial score (nSPS) is 11.2.